The first kappa shape index (κ1) is 13.6. The topological polar surface area (TPSA) is 21.3 Å². The van der Waals surface area contributed by atoms with Crippen molar-refractivity contribution in [2.24, 2.45) is 0 Å². The molecule has 0 saturated heterocycles. The Labute approximate surface area is 115 Å². The van der Waals surface area contributed by atoms with E-state index in [1.165, 1.54) is 11.1 Å². The summed E-state index contributed by atoms with van der Waals surface area (Å²) in [5.41, 5.74) is 3.73. The van der Waals surface area contributed by atoms with E-state index in [0.717, 1.165) is 12.1 Å². The molecule has 100 valence electrons. The number of anilines is 1. The summed E-state index contributed by atoms with van der Waals surface area (Å²) in [4.78, 5) is 0. The Hall–Kier alpha value is -1.80. The molecule has 0 aliphatic heterocycles. The van der Waals surface area contributed by atoms with Gasteiger partial charge in [-0.25, -0.2) is 0 Å². The molecular formula is C17H21NO. The molecule has 2 heteroatoms. The molecule has 0 fully saturated rings. The van der Waals surface area contributed by atoms with Crippen LogP contribution >= 0.6 is 0 Å². The molecule has 2 rings (SSSR count). The van der Waals surface area contributed by atoms with Crippen LogP contribution < -0.4 is 5.32 Å². The van der Waals surface area contributed by atoms with Gasteiger partial charge in [0.25, 0.3) is 0 Å². The summed E-state index contributed by atoms with van der Waals surface area (Å²) >= 11 is 0. The lowest BCUT2D eigenvalue weighted by Crippen LogP contribution is -2.16. The van der Waals surface area contributed by atoms with Crippen LogP contribution in [0, 0.1) is 0 Å². The maximum atomic E-state index is 5.32. The van der Waals surface area contributed by atoms with E-state index in [-0.39, 0.29) is 6.04 Å². The van der Waals surface area contributed by atoms with E-state index in [9.17, 15) is 0 Å². The minimum absolute atomic E-state index is 0.179. The Balaban J connectivity index is 2.16. The van der Waals surface area contributed by atoms with E-state index in [2.05, 4.69) is 60.8 Å². The SMILES string of the molecule is CCc1cccc(NC(COC)c2ccccc2)c1. The van der Waals surface area contributed by atoms with Gasteiger partial charge in [0.1, 0.15) is 0 Å². The average Bonchev–Trinajstić information content (AvgIpc) is 2.48. The Bertz CT molecular complexity index is 496. The van der Waals surface area contributed by atoms with Crippen molar-refractivity contribution in [3.05, 3.63) is 65.7 Å². The highest BCUT2D eigenvalue weighted by atomic mass is 16.5. The normalized spacial score (nSPS) is 12.1. The number of nitrogens with one attached hydrogen (secondary N) is 1. The van der Waals surface area contributed by atoms with Gasteiger partial charge in [-0.3, -0.25) is 0 Å². The zero-order valence-electron chi connectivity index (χ0n) is 11.6. The van der Waals surface area contributed by atoms with Crippen LogP contribution in [0.1, 0.15) is 24.1 Å². The molecule has 0 aliphatic rings. The molecular weight excluding hydrogens is 234 g/mol. The van der Waals surface area contributed by atoms with Crippen molar-refractivity contribution in [1.29, 1.82) is 0 Å². The van der Waals surface area contributed by atoms with E-state index in [1.54, 1.807) is 7.11 Å². The molecule has 0 bridgehead atoms. The number of methoxy groups -OCH3 is 1. The van der Waals surface area contributed by atoms with Crippen LogP contribution in [-0.2, 0) is 11.2 Å². The lowest BCUT2D eigenvalue weighted by Gasteiger charge is -2.20. The fourth-order valence-corrected chi connectivity index (χ4v) is 2.16. The second kappa shape index (κ2) is 6.95. The number of hydrogen-bond acceptors (Lipinski definition) is 2. The van der Waals surface area contributed by atoms with Crippen molar-refractivity contribution in [1.82, 2.24) is 0 Å². The summed E-state index contributed by atoms with van der Waals surface area (Å²) in [6.45, 7) is 2.82. The minimum Gasteiger partial charge on any atom is -0.382 e. The molecule has 0 amide bonds. The van der Waals surface area contributed by atoms with Crippen LogP contribution in [0.3, 0.4) is 0 Å². The molecule has 1 N–H and O–H groups in total. The Morgan fingerprint density at radius 3 is 2.53 bits per heavy atom. The lowest BCUT2D eigenvalue weighted by molar-refractivity contribution is 0.186. The second-order valence-electron chi connectivity index (χ2n) is 4.62. The zero-order chi connectivity index (χ0) is 13.5. The molecule has 1 atom stereocenters. The highest BCUT2D eigenvalue weighted by Crippen LogP contribution is 2.20. The van der Waals surface area contributed by atoms with Gasteiger partial charge < -0.3 is 10.1 Å². The summed E-state index contributed by atoms with van der Waals surface area (Å²) in [5.74, 6) is 0. The molecule has 0 spiro atoms. The lowest BCUT2D eigenvalue weighted by atomic mass is 10.1. The van der Waals surface area contributed by atoms with E-state index in [4.69, 9.17) is 4.74 Å². The van der Waals surface area contributed by atoms with Gasteiger partial charge in [0.2, 0.25) is 0 Å². The number of ether oxygens (including phenoxy) is 1. The first-order chi connectivity index (χ1) is 9.33. The van der Waals surface area contributed by atoms with E-state index in [0.29, 0.717) is 6.61 Å². The number of benzene rings is 2. The summed E-state index contributed by atoms with van der Waals surface area (Å²) in [6, 6.07) is 19.1. The molecule has 0 heterocycles. The van der Waals surface area contributed by atoms with Crippen molar-refractivity contribution in [3.8, 4) is 0 Å². The highest BCUT2D eigenvalue weighted by molar-refractivity contribution is 5.48. The summed E-state index contributed by atoms with van der Waals surface area (Å²) < 4.78 is 5.32. The van der Waals surface area contributed by atoms with E-state index in [1.807, 2.05) is 6.07 Å². The molecule has 0 saturated carbocycles. The molecule has 2 aromatic carbocycles. The zero-order valence-corrected chi connectivity index (χ0v) is 11.6. The summed E-state index contributed by atoms with van der Waals surface area (Å²) in [7, 11) is 1.74. The predicted octanol–water partition coefficient (Wildman–Crippen LogP) is 4.05. The van der Waals surface area contributed by atoms with Crippen molar-refractivity contribution >= 4 is 5.69 Å². The van der Waals surface area contributed by atoms with E-state index < -0.39 is 0 Å². The fourth-order valence-electron chi connectivity index (χ4n) is 2.16. The number of aryl methyl sites for hydroxylation is 1. The molecule has 0 radical (unpaired) electrons. The maximum Gasteiger partial charge on any atom is 0.0747 e. The first-order valence-corrected chi connectivity index (χ1v) is 6.73. The van der Waals surface area contributed by atoms with Crippen LogP contribution in [0.4, 0.5) is 5.69 Å². The molecule has 1 unspecified atom stereocenters. The second-order valence-corrected chi connectivity index (χ2v) is 4.62. The molecule has 0 aliphatic carbocycles. The van der Waals surface area contributed by atoms with Gasteiger partial charge in [-0.1, -0.05) is 49.4 Å². The molecule has 19 heavy (non-hydrogen) atoms. The fraction of sp³-hybridized carbons (Fsp3) is 0.294. The summed E-state index contributed by atoms with van der Waals surface area (Å²) in [5, 5.41) is 3.55. The Kier molecular flexibility index (Phi) is 4.99. The quantitative estimate of drug-likeness (QED) is 0.840. The molecule has 2 nitrogen and oxygen atoms in total. The van der Waals surface area contributed by atoms with Gasteiger partial charge in [0.15, 0.2) is 0 Å². The molecule has 0 aromatic heterocycles. The third-order valence-corrected chi connectivity index (χ3v) is 3.21. The summed E-state index contributed by atoms with van der Waals surface area (Å²) in [6.07, 6.45) is 1.05. The predicted molar refractivity (Wildman–Crippen MR) is 80.5 cm³/mol. The van der Waals surface area contributed by atoms with Crippen molar-refractivity contribution in [2.45, 2.75) is 19.4 Å². The largest absolute Gasteiger partial charge is 0.382 e. The first-order valence-electron chi connectivity index (χ1n) is 6.73. The third-order valence-electron chi connectivity index (χ3n) is 3.21. The monoisotopic (exact) mass is 255 g/mol. The Morgan fingerprint density at radius 1 is 1.05 bits per heavy atom. The van der Waals surface area contributed by atoms with E-state index >= 15 is 0 Å². The number of rotatable bonds is 6. The van der Waals surface area contributed by atoms with Gasteiger partial charge >= 0.3 is 0 Å². The molecule has 2 aromatic rings. The van der Waals surface area contributed by atoms with Gasteiger partial charge in [-0.15, -0.1) is 0 Å². The van der Waals surface area contributed by atoms with Crippen LogP contribution in [0.25, 0.3) is 0 Å². The minimum atomic E-state index is 0.179. The van der Waals surface area contributed by atoms with Crippen molar-refractivity contribution < 1.29 is 4.74 Å². The van der Waals surface area contributed by atoms with Gasteiger partial charge in [0, 0.05) is 12.8 Å². The van der Waals surface area contributed by atoms with Crippen LogP contribution in [0.2, 0.25) is 0 Å². The van der Waals surface area contributed by atoms with Crippen molar-refractivity contribution in [3.63, 3.8) is 0 Å². The Morgan fingerprint density at radius 2 is 1.84 bits per heavy atom. The maximum absolute atomic E-state index is 5.32. The third kappa shape index (κ3) is 3.83. The number of hydrogen-bond donors (Lipinski definition) is 1. The van der Waals surface area contributed by atoms with Gasteiger partial charge in [0.05, 0.1) is 12.6 Å². The standard InChI is InChI=1S/C17H21NO/c1-3-14-8-7-11-16(12-14)18-17(13-19-2)15-9-5-4-6-10-15/h4-12,17-18H,3,13H2,1-2H3. The van der Waals surface area contributed by atoms with Crippen LogP contribution in [0.5, 0.6) is 0 Å². The van der Waals surface area contributed by atoms with Crippen molar-refractivity contribution in [2.75, 3.05) is 19.0 Å². The highest BCUT2D eigenvalue weighted by Gasteiger charge is 2.10. The van der Waals surface area contributed by atoms with Crippen LogP contribution in [0.15, 0.2) is 54.6 Å². The average molecular weight is 255 g/mol. The van der Waals surface area contributed by atoms with Gasteiger partial charge in [-0.05, 0) is 29.7 Å². The van der Waals surface area contributed by atoms with Gasteiger partial charge in [-0.2, -0.15) is 0 Å². The van der Waals surface area contributed by atoms with Crippen LogP contribution in [-0.4, -0.2) is 13.7 Å². The smallest absolute Gasteiger partial charge is 0.0747 e.